The Bertz CT molecular complexity index is 776. The number of aromatic nitrogens is 4. The van der Waals surface area contributed by atoms with Gasteiger partial charge < -0.3 is 9.72 Å². The molecular formula is C18H21N5. The molecule has 3 aromatic heterocycles. The summed E-state index contributed by atoms with van der Waals surface area (Å²) in [5.74, 6) is 0.796. The second-order valence-electron chi connectivity index (χ2n) is 5.43. The smallest absolute Gasteiger partial charge is 0.180 e. The number of pyridine rings is 1. The highest BCUT2D eigenvalue weighted by Crippen LogP contribution is 2.16. The fourth-order valence-corrected chi connectivity index (χ4v) is 2.36. The van der Waals surface area contributed by atoms with Crippen LogP contribution in [0.2, 0.25) is 0 Å². The number of nitrogens with zero attached hydrogens (tertiary/aromatic N) is 4. The Hall–Kier alpha value is -2.69. The van der Waals surface area contributed by atoms with Crippen molar-refractivity contribution in [3.8, 4) is 0 Å². The van der Waals surface area contributed by atoms with Gasteiger partial charge in [-0.2, -0.15) is 0 Å². The molecule has 5 nitrogen and oxygen atoms in total. The Balaban J connectivity index is 1.80. The maximum absolute atomic E-state index is 4.69. The number of hydrogen-bond donors (Lipinski definition) is 1. The van der Waals surface area contributed by atoms with Crippen molar-refractivity contribution in [2.24, 2.45) is 0 Å². The van der Waals surface area contributed by atoms with Crippen LogP contribution in [0.25, 0.3) is 11.7 Å². The summed E-state index contributed by atoms with van der Waals surface area (Å²) in [6, 6.07) is 3.98. The molecule has 0 bridgehead atoms. The van der Waals surface area contributed by atoms with E-state index >= 15 is 0 Å². The van der Waals surface area contributed by atoms with Gasteiger partial charge in [0.05, 0.1) is 5.69 Å². The first-order chi connectivity index (χ1) is 11.4. The summed E-state index contributed by atoms with van der Waals surface area (Å²) in [6.07, 6.45) is 17.1. The molecule has 0 aliphatic heterocycles. The molecule has 5 heteroatoms. The lowest BCUT2D eigenvalue weighted by Crippen LogP contribution is -2.05. The molecule has 1 N–H and O–H groups in total. The summed E-state index contributed by atoms with van der Waals surface area (Å²) in [4.78, 5) is 13.1. The predicted molar refractivity (Wildman–Crippen MR) is 93.1 cm³/mol. The van der Waals surface area contributed by atoms with E-state index < -0.39 is 0 Å². The Morgan fingerprint density at radius 3 is 2.91 bits per heavy atom. The monoisotopic (exact) mass is 307 g/mol. The van der Waals surface area contributed by atoms with Crippen LogP contribution in [0.15, 0.2) is 49.2 Å². The van der Waals surface area contributed by atoms with Crippen LogP contribution in [0.5, 0.6) is 0 Å². The number of imidazole rings is 1. The molecule has 3 aromatic rings. The van der Waals surface area contributed by atoms with Crippen LogP contribution in [0, 0.1) is 0 Å². The van der Waals surface area contributed by atoms with E-state index in [1.807, 2.05) is 28.9 Å². The molecule has 118 valence electrons. The molecule has 0 aliphatic rings. The van der Waals surface area contributed by atoms with Crippen LogP contribution >= 0.6 is 0 Å². The van der Waals surface area contributed by atoms with Gasteiger partial charge in [0.2, 0.25) is 0 Å². The van der Waals surface area contributed by atoms with Gasteiger partial charge in [-0.15, -0.1) is 0 Å². The highest BCUT2D eigenvalue weighted by Gasteiger charge is 2.06. The first-order valence-corrected chi connectivity index (χ1v) is 8.00. The van der Waals surface area contributed by atoms with E-state index in [0.717, 1.165) is 29.1 Å². The van der Waals surface area contributed by atoms with Gasteiger partial charge in [-0.3, -0.25) is 4.98 Å². The molecular weight excluding hydrogens is 286 g/mol. The van der Waals surface area contributed by atoms with E-state index in [9.17, 15) is 0 Å². The van der Waals surface area contributed by atoms with E-state index in [4.69, 9.17) is 0 Å². The maximum atomic E-state index is 4.69. The average molecular weight is 307 g/mol. The Morgan fingerprint density at radius 1 is 1.22 bits per heavy atom. The third-order valence-corrected chi connectivity index (χ3v) is 3.61. The maximum Gasteiger partial charge on any atom is 0.180 e. The van der Waals surface area contributed by atoms with Crippen molar-refractivity contribution in [2.75, 3.05) is 5.32 Å². The predicted octanol–water partition coefficient (Wildman–Crippen LogP) is 3.94. The zero-order valence-corrected chi connectivity index (χ0v) is 13.3. The quantitative estimate of drug-likeness (QED) is 0.672. The number of unbranched alkanes of at least 4 members (excludes halogenated alkanes) is 2. The summed E-state index contributed by atoms with van der Waals surface area (Å²) < 4.78 is 2.00. The molecule has 0 saturated heterocycles. The largest absolute Gasteiger partial charge is 0.363 e. The molecule has 0 saturated carbocycles. The first-order valence-electron chi connectivity index (χ1n) is 8.00. The third kappa shape index (κ3) is 3.94. The topological polar surface area (TPSA) is 55.1 Å². The molecule has 23 heavy (non-hydrogen) atoms. The van der Waals surface area contributed by atoms with Gasteiger partial charge in [-0.1, -0.05) is 25.8 Å². The molecule has 0 spiro atoms. The minimum Gasteiger partial charge on any atom is -0.363 e. The zero-order chi connectivity index (χ0) is 15.9. The molecule has 3 heterocycles. The molecule has 0 unspecified atom stereocenters. The van der Waals surface area contributed by atoms with E-state index in [2.05, 4.69) is 39.3 Å². The van der Waals surface area contributed by atoms with Crippen LogP contribution in [0.3, 0.4) is 0 Å². The second-order valence-corrected chi connectivity index (χ2v) is 5.43. The average Bonchev–Trinajstić information content (AvgIpc) is 3.06. The zero-order valence-electron chi connectivity index (χ0n) is 13.3. The van der Waals surface area contributed by atoms with Crippen LogP contribution in [-0.4, -0.2) is 19.4 Å². The summed E-state index contributed by atoms with van der Waals surface area (Å²) in [7, 11) is 0. The number of allylic oxidation sites excluding steroid dienone is 1. The van der Waals surface area contributed by atoms with Gasteiger partial charge in [-0.25, -0.2) is 9.97 Å². The van der Waals surface area contributed by atoms with Crippen molar-refractivity contribution in [1.82, 2.24) is 19.4 Å². The highest BCUT2D eigenvalue weighted by molar-refractivity contribution is 5.65. The highest BCUT2D eigenvalue weighted by atomic mass is 15.1. The van der Waals surface area contributed by atoms with Gasteiger partial charge in [0.15, 0.2) is 11.5 Å². The van der Waals surface area contributed by atoms with Crippen LogP contribution < -0.4 is 5.32 Å². The minimum absolute atomic E-state index is 0.695. The third-order valence-electron chi connectivity index (χ3n) is 3.61. The lowest BCUT2D eigenvalue weighted by atomic mass is 10.2. The molecule has 0 aliphatic carbocycles. The van der Waals surface area contributed by atoms with Crippen LogP contribution in [0.1, 0.15) is 37.4 Å². The van der Waals surface area contributed by atoms with Crippen molar-refractivity contribution in [3.05, 3.63) is 60.5 Å². The lowest BCUT2D eigenvalue weighted by molar-refractivity contribution is 0.816. The van der Waals surface area contributed by atoms with E-state index in [1.165, 1.54) is 12.8 Å². The minimum atomic E-state index is 0.695. The van der Waals surface area contributed by atoms with Crippen molar-refractivity contribution >= 4 is 17.5 Å². The van der Waals surface area contributed by atoms with Crippen molar-refractivity contribution < 1.29 is 0 Å². The number of fused-ring (bicyclic) bond motifs is 1. The van der Waals surface area contributed by atoms with Gasteiger partial charge >= 0.3 is 0 Å². The number of nitrogens with one attached hydrogen (secondary N) is 1. The summed E-state index contributed by atoms with van der Waals surface area (Å²) >= 11 is 0. The van der Waals surface area contributed by atoms with Gasteiger partial charge in [-0.05, 0) is 30.2 Å². The Labute approximate surface area is 136 Å². The van der Waals surface area contributed by atoms with Crippen molar-refractivity contribution in [1.29, 1.82) is 0 Å². The number of anilines is 1. The number of hydrogen-bond acceptors (Lipinski definition) is 4. The standard InChI is InChI=1S/C18H21N5/c1-2-3-4-5-6-16-14-23-12-11-20-18(23)17(22-16)21-13-15-7-9-19-10-8-15/h5-12,14H,2-4,13H2,1H3,(H,21,22). The van der Waals surface area contributed by atoms with E-state index in [1.54, 1.807) is 18.6 Å². The van der Waals surface area contributed by atoms with Crippen LogP contribution in [0.4, 0.5) is 5.82 Å². The number of rotatable bonds is 7. The van der Waals surface area contributed by atoms with Gasteiger partial charge in [0.1, 0.15) is 0 Å². The fraction of sp³-hybridized carbons (Fsp3) is 0.278. The van der Waals surface area contributed by atoms with Crippen molar-refractivity contribution in [2.45, 2.75) is 32.7 Å². The summed E-state index contributed by atoms with van der Waals surface area (Å²) in [6.45, 7) is 2.89. The van der Waals surface area contributed by atoms with E-state index in [-0.39, 0.29) is 0 Å². The molecule has 0 aromatic carbocycles. The van der Waals surface area contributed by atoms with Crippen LogP contribution in [-0.2, 0) is 6.54 Å². The molecule has 3 rings (SSSR count). The van der Waals surface area contributed by atoms with Gasteiger partial charge in [0, 0.05) is 37.5 Å². The van der Waals surface area contributed by atoms with E-state index in [0.29, 0.717) is 6.54 Å². The first kappa shape index (κ1) is 15.2. The normalized spacial score (nSPS) is 11.3. The second kappa shape index (κ2) is 7.54. The molecule has 0 atom stereocenters. The van der Waals surface area contributed by atoms with Crippen molar-refractivity contribution in [3.63, 3.8) is 0 Å². The Kier molecular flexibility index (Phi) is 4.99. The summed E-state index contributed by atoms with van der Waals surface area (Å²) in [5, 5.41) is 3.38. The lowest BCUT2D eigenvalue weighted by Gasteiger charge is -2.08. The Morgan fingerprint density at radius 2 is 2.09 bits per heavy atom. The van der Waals surface area contributed by atoms with Gasteiger partial charge in [0.25, 0.3) is 0 Å². The summed E-state index contributed by atoms with van der Waals surface area (Å²) in [5.41, 5.74) is 2.93. The fourth-order valence-electron chi connectivity index (χ4n) is 2.36. The SMILES string of the molecule is CCCCC=Cc1cn2ccnc2c(NCc2ccncc2)n1. The molecule has 0 fully saturated rings. The molecule has 0 radical (unpaired) electrons. The molecule has 0 amide bonds.